The predicted octanol–water partition coefficient (Wildman–Crippen LogP) is 2.97. The minimum Gasteiger partial charge on any atom is -0.368 e. The monoisotopic (exact) mass is 372 g/mol. The molecular formula is C21H20N6O. The second-order valence-electron chi connectivity index (χ2n) is 6.31. The average Bonchev–Trinajstić information content (AvgIpc) is 3.25. The van der Waals surface area contributed by atoms with Crippen LogP contribution in [0.3, 0.4) is 0 Å². The van der Waals surface area contributed by atoms with Crippen LogP contribution in [0.25, 0.3) is 16.6 Å². The number of hydrogen-bond donors (Lipinski definition) is 2. The molecule has 3 heterocycles. The number of rotatable bonds is 6. The van der Waals surface area contributed by atoms with Crippen molar-refractivity contribution in [1.29, 1.82) is 0 Å². The van der Waals surface area contributed by atoms with Crippen LogP contribution in [0.5, 0.6) is 0 Å². The number of pyridine rings is 1. The summed E-state index contributed by atoms with van der Waals surface area (Å²) in [6, 6.07) is 15.4. The highest BCUT2D eigenvalue weighted by Gasteiger charge is 2.10. The van der Waals surface area contributed by atoms with Crippen LogP contribution in [0.1, 0.15) is 16.3 Å². The zero-order valence-corrected chi connectivity index (χ0v) is 15.5. The molecule has 0 saturated carbocycles. The highest BCUT2D eigenvalue weighted by molar-refractivity contribution is 6.05. The Morgan fingerprint density at radius 2 is 1.86 bits per heavy atom. The Bertz CT molecular complexity index is 1100. The molecule has 3 aromatic heterocycles. The van der Waals surface area contributed by atoms with Crippen molar-refractivity contribution in [1.82, 2.24) is 24.8 Å². The first-order valence-electron chi connectivity index (χ1n) is 9.05. The van der Waals surface area contributed by atoms with Crippen molar-refractivity contribution in [3.05, 3.63) is 78.6 Å². The number of aromatic nitrogens is 4. The second-order valence-corrected chi connectivity index (χ2v) is 6.31. The number of hydrogen-bond acceptors (Lipinski definition) is 5. The maximum atomic E-state index is 12.5. The number of carbonyl (C=O) groups is 1. The van der Waals surface area contributed by atoms with E-state index in [1.807, 2.05) is 72.4 Å². The second kappa shape index (κ2) is 7.87. The molecule has 0 aliphatic heterocycles. The van der Waals surface area contributed by atoms with Gasteiger partial charge in [0.2, 0.25) is 0 Å². The Kier molecular flexibility index (Phi) is 4.97. The van der Waals surface area contributed by atoms with E-state index in [2.05, 4.69) is 25.6 Å². The van der Waals surface area contributed by atoms with Gasteiger partial charge in [-0.15, -0.1) is 0 Å². The molecule has 1 amide bonds. The molecule has 0 radical (unpaired) electrons. The predicted molar refractivity (Wildman–Crippen MR) is 109 cm³/mol. The quantitative estimate of drug-likeness (QED) is 0.508. The molecule has 4 rings (SSSR count). The molecule has 0 saturated heterocycles. The summed E-state index contributed by atoms with van der Waals surface area (Å²) < 4.78 is 1.92. The van der Waals surface area contributed by atoms with Crippen molar-refractivity contribution < 1.29 is 4.79 Å². The lowest BCUT2D eigenvalue weighted by atomic mass is 10.1. The molecule has 7 heteroatoms. The zero-order valence-electron chi connectivity index (χ0n) is 15.5. The third-order valence-corrected chi connectivity index (χ3v) is 4.30. The molecule has 0 aliphatic rings. The molecular weight excluding hydrogens is 352 g/mol. The molecule has 7 nitrogen and oxygen atoms in total. The summed E-state index contributed by atoms with van der Waals surface area (Å²) >= 11 is 0. The molecule has 0 fully saturated rings. The fourth-order valence-corrected chi connectivity index (χ4v) is 3.01. The topological polar surface area (TPSA) is 84.7 Å². The standard InChI is InChI=1S/C21H20N6O/c1-15-25-18(14-19(26-15)27-12-4-5-13-27)22-10-11-24-21(28)20-17-7-3-2-6-16(17)8-9-23-20/h2-9,12-14H,10-11H2,1H3,(H,24,28)(H,22,25,26). The van der Waals surface area contributed by atoms with E-state index in [1.54, 1.807) is 6.20 Å². The minimum atomic E-state index is -0.189. The molecule has 28 heavy (non-hydrogen) atoms. The third kappa shape index (κ3) is 3.83. The summed E-state index contributed by atoms with van der Waals surface area (Å²) in [5, 5.41) is 7.98. The van der Waals surface area contributed by atoms with E-state index < -0.39 is 0 Å². The Hall–Kier alpha value is -3.74. The maximum Gasteiger partial charge on any atom is 0.270 e. The van der Waals surface area contributed by atoms with Crippen molar-refractivity contribution in [2.75, 3.05) is 18.4 Å². The van der Waals surface area contributed by atoms with Crippen molar-refractivity contribution in [3.63, 3.8) is 0 Å². The van der Waals surface area contributed by atoms with E-state index in [-0.39, 0.29) is 5.91 Å². The Morgan fingerprint density at radius 3 is 2.71 bits per heavy atom. The molecule has 0 spiro atoms. The van der Waals surface area contributed by atoms with Gasteiger partial charge in [0, 0.05) is 43.1 Å². The van der Waals surface area contributed by atoms with Crippen LogP contribution in [0.15, 0.2) is 67.1 Å². The van der Waals surface area contributed by atoms with E-state index in [1.165, 1.54) is 0 Å². The number of carbonyl (C=O) groups excluding carboxylic acids is 1. The van der Waals surface area contributed by atoms with Gasteiger partial charge in [-0.25, -0.2) is 9.97 Å². The van der Waals surface area contributed by atoms with Gasteiger partial charge in [0.25, 0.3) is 5.91 Å². The third-order valence-electron chi connectivity index (χ3n) is 4.30. The maximum absolute atomic E-state index is 12.5. The van der Waals surface area contributed by atoms with Gasteiger partial charge in [0.1, 0.15) is 23.2 Å². The number of amides is 1. The Balaban J connectivity index is 1.38. The number of nitrogens with one attached hydrogen (secondary N) is 2. The summed E-state index contributed by atoms with van der Waals surface area (Å²) in [4.78, 5) is 25.6. The summed E-state index contributed by atoms with van der Waals surface area (Å²) in [6.45, 7) is 2.84. The summed E-state index contributed by atoms with van der Waals surface area (Å²) in [5.74, 6) is 2.00. The molecule has 2 N–H and O–H groups in total. The van der Waals surface area contributed by atoms with Gasteiger partial charge in [-0.1, -0.05) is 24.3 Å². The van der Waals surface area contributed by atoms with Crippen LogP contribution >= 0.6 is 0 Å². The van der Waals surface area contributed by atoms with Gasteiger partial charge in [-0.2, -0.15) is 0 Å². The van der Waals surface area contributed by atoms with E-state index in [9.17, 15) is 4.79 Å². The van der Waals surface area contributed by atoms with Gasteiger partial charge in [-0.3, -0.25) is 9.78 Å². The molecule has 0 unspecified atom stereocenters. The number of aryl methyl sites for hydroxylation is 1. The minimum absolute atomic E-state index is 0.189. The number of nitrogens with zero attached hydrogens (tertiary/aromatic N) is 4. The van der Waals surface area contributed by atoms with E-state index in [0.717, 1.165) is 16.6 Å². The van der Waals surface area contributed by atoms with Crippen molar-refractivity contribution in [2.24, 2.45) is 0 Å². The van der Waals surface area contributed by atoms with Gasteiger partial charge < -0.3 is 15.2 Å². The Labute approximate surface area is 162 Å². The molecule has 0 aliphatic carbocycles. The first-order valence-corrected chi connectivity index (χ1v) is 9.05. The van der Waals surface area contributed by atoms with Gasteiger partial charge in [0.15, 0.2) is 0 Å². The largest absolute Gasteiger partial charge is 0.368 e. The highest BCUT2D eigenvalue weighted by atomic mass is 16.1. The smallest absolute Gasteiger partial charge is 0.270 e. The molecule has 1 aromatic carbocycles. The fourth-order valence-electron chi connectivity index (χ4n) is 3.01. The van der Waals surface area contributed by atoms with E-state index >= 15 is 0 Å². The lowest BCUT2D eigenvalue weighted by molar-refractivity contribution is 0.0952. The zero-order chi connectivity index (χ0) is 19.3. The number of benzene rings is 1. The summed E-state index contributed by atoms with van der Waals surface area (Å²) in [7, 11) is 0. The normalized spacial score (nSPS) is 10.8. The van der Waals surface area contributed by atoms with Crippen LogP contribution in [-0.2, 0) is 0 Å². The van der Waals surface area contributed by atoms with Gasteiger partial charge in [0.05, 0.1) is 0 Å². The van der Waals surface area contributed by atoms with Crippen molar-refractivity contribution >= 4 is 22.5 Å². The van der Waals surface area contributed by atoms with Crippen molar-refractivity contribution in [2.45, 2.75) is 6.92 Å². The molecule has 0 bridgehead atoms. The summed E-state index contributed by atoms with van der Waals surface area (Å²) in [6.07, 6.45) is 5.52. The Morgan fingerprint density at radius 1 is 1.04 bits per heavy atom. The fraction of sp³-hybridized carbons (Fsp3) is 0.143. The lowest BCUT2D eigenvalue weighted by Crippen LogP contribution is -2.29. The molecule has 0 atom stereocenters. The lowest BCUT2D eigenvalue weighted by Gasteiger charge is -2.10. The summed E-state index contributed by atoms with van der Waals surface area (Å²) in [5.41, 5.74) is 0.436. The van der Waals surface area contributed by atoms with Crippen LogP contribution in [0.4, 0.5) is 5.82 Å². The van der Waals surface area contributed by atoms with Gasteiger partial charge >= 0.3 is 0 Å². The van der Waals surface area contributed by atoms with E-state index in [0.29, 0.717) is 30.4 Å². The highest BCUT2D eigenvalue weighted by Crippen LogP contribution is 2.16. The number of fused-ring (bicyclic) bond motifs is 1. The van der Waals surface area contributed by atoms with Crippen LogP contribution < -0.4 is 10.6 Å². The van der Waals surface area contributed by atoms with Crippen molar-refractivity contribution in [3.8, 4) is 5.82 Å². The first kappa shape index (κ1) is 17.7. The van der Waals surface area contributed by atoms with E-state index in [4.69, 9.17) is 0 Å². The van der Waals surface area contributed by atoms with Crippen LogP contribution in [0.2, 0.25) is 0 Å². The SMILES string of the molecule is Cc1nc(NCCNC(=O)c2nccc3ccccc23)cc(-n2cccc2)n1. The van der Waals surface area contributed by atoms with Crippen LogP contribution in [0, 0.1) is 6.92 Å². The molecule has 140 valence electrons. The van der Waals surface area contributed by atoms with Gasteiger partial charge in [-0.05, 0) is 30.5 Å². The van der Waals surface area contributed by atoms with Crippen LogP contribution in [-0.4, -0.2) is 38.5 Å². The number of anilines is 1. The first-order chi connectivity index (χ1) is 13.7. The average molecular weight is 372 g/mol. The molecule has 4 aromatic rings.